The van der Waals surface area contributed by atoms with Crippen molar-refractivity contribution in [1.29, 1.82) is 0 Å². The molecule has 3 aromatic carbocycles. The summed E-state index contributed by atoms with van der Waals surface area (Å²) in [4.78, 5) is 26.5. The van der Waals surface area contributed by atoms with Crippen LogP contribution in [0.1, 0.15) is 36.1 Å². The molecule has 1 aliphatic rings. The van der Waals surface area contributed by atoms with E-state index in [2.05, 4.69) is 10.6 Å². The number of amides is 2. The molecule has 0 spiro atoms. The maximum absolute atomic E-state index is 12.8. The first-order valence-corrected chi connectivity index (χ1v) is 10.3. The number of anilines is 2. The van der Waals surface area contributed by atoms with Gasteiger partial charge in [0.05, 0.1) is 12.5 Å². The lowest BCUT2D eigenvalue weighted by molar-refractivity contribution is -0.129. The summed E-state index contributed by atoms with van der Waals surface area (Å²) in [5.74, 6) is -0.213. The van der Waals surface area contributed by atoms with Gasteiger partial charge in [-0.1, -0.05) is 54.6 Å². The molecule has 156 valence electrons. The zero-order valence-electron chi connectivity index (χ0n) is 17.4. The van der Waals surface area contributed by atoms with E-state index in [-0.39, 0.29) is 24.3 Å². The van der Waals surface area contributed by atoms with E-state index in [0.717, 1.165) is 28.1 Å². The molecular weight excluding hydrogens is 386 g/mol. The summed E-state index contributed by atoms with van der Waals surface area (Å²) in [6.45, 7) is 2.22. The van der Waals surface area contributed by atoms with Crippen LogP contribution in [0.25, 0.3) is 6.08 Å². The lowest BCUT2D eigenvalue weighted by atomic mass is 9.93. The lowest BCUT2D eigenvalue weighted by Crippen LogP contribution is -2.33. The second kappa shape index (κ2) is 9.30. The van der Waals surface area contributed by atoms with Crippen LogP contribution in [0.4, 0.5) is 11.4 Å². The summed E-state index contributed by atoms with van der Waals surface area (Å²) in [6.07, 6.45) is 3.86. The van der Waals surface area contributed by atoms with Crippen molar-refractivity contribution in [2.24, 2.45) is 0 Å². The molecule has 3 aromatic rings. The molecule has 31 heavy (non-hydrogen) atoms. The smallest absolute Gasteiger partial charge is 0.226 e. The Morgan fingerprint density at radius 3 is 2.32 bits per heavy atom. The maximum atomic E-state index is 12.8. The molecule has 2 N–H and O–H groups in total. The minimum Gasteiger partial charge on any atom is -0.381 e. The average Bonchev–Trinajstić information content (AvgIpc) is 2.79. The largest absolute Gasteiger partial charge is 0.381 e. The Labute approximate surface area is 182 Å². The standard InChI is InChI=1S/C26H25N3O2/c1-19(30)29-16-15-21-7-5-6-10-24(21)25(29)17-26(31)28-23-13-11-20(12-14-23)18-27-22-8-3-2-4-9-22/h2-16,25,27H,17-18H2,1H3,(H,28,31). The fourth-order valence-electron chi connectivity index (χ4n) is 3.77. The predicted octanol–water partition coefficient (Wildman–Crippen LogP) is 5.20. The van der Waals surface area contributed by atoms with Gasteiger partial charge in [0.25, 0.3) is 0 Å². The van der Waals surface area contributed by atoms with Crippen molar-refractivity contribution in [3.63, 3.8) is 0 Å². The molecule has 1 aliphatic heterocycles. The highest BCUT2D eigenvalue weighted by atomic mass is 16.2. The predicted molar refractivity (Wildman–Crippen MR) is 124 cm³/mol. The molecule has 1 atom stereocenters. The molecule has 0 radical (unpaired) electrons. The highest BCUT2D eigenvalue weighted by molar-refractivity contribution is 5.92. The van der Waals surface area contributed by atoms with E-state index in [0.29, 0.717) is 6.54 Å². The van der Waals surface area contributed by atoms with Crippen molar-refractivity contribution in [1.82, 2.24) is 4.90 Å². The van der Waals surface area contributed by atoms with Gasteiger partial charge in [0.15, 0.2) is 0 Å². The van der Waals surface area contributed by atoms with Gasteiger partial charge in [-0.3, -0.25) is 9.59 Å². The Kier molecular flexibility index (Phi) is 6.13. The molecule has 4 rings (SSSR count). The van der Waals surface area contributed by atoms with Crippen molar-refractivity contribution >= 4 is 29.3 Å². The van der Waals surface area contributed by atoms with Gasteiger partial charge in [0, 0.05) is 31.0 Å². The molecule has 5 heteroatoms. The van der Waals surface area contributed by atoms with Gasteiger partial charge >= 0.3 is 0 Å². The Morgan fingerprint density at radius 1 is 0.871 bits per heavy atom. The van der Waals surface area contributed by atoms with E-state index in [1.54, 1.807) is 11.1 Å². The van der Waals surface area contributed by atoms with E-state index < -0.39 is 0 Å². The zero-order valence-corrected chi connectivity index (χ0v) is 17.4. The van der Waals surface area contributed by atoms with Crippen molar-refractivity contribution < 1.29 is 9.59 Å². The van der Waals surface area contributed by atoms with Gasteiger partial charge in [0.1, 0.15) is 0 Å². The second-order valence-corrected chi connectivity index (χ2v) is 7.56. The topological polar surface area (TPSA) is 61.4 Å². The van der Waals surface area contributed by atoms with Gasteiger partial charge in [-0.25, -0.2) is 0 Å². The SMILES string of the molecule is CC(=O)N1C=Cc2ccccc2C1CC(=O)Nc1ccc(CNc2ccccc2)cc1. The van der Waals surface area contributed by atoms with Gasteiger partial charge < -0.3 is 15.5 Å². The van der Waals surface area contributed by atoms with E-state index >= 15 is 0 Å². The van der Waals surface area contributed by atoms with Crippen molar-refractivity contribution in [3.05, 3.63) is 102 Å². The Morgan fingerprint density at radius 2 is 1.58 bits per heavy atom. The lowest BCUT2D eigenvalue weighted by Gasteiger charge is -2.32. The summed E-state index contributed by atoms with van der Waals surface area (Å²) in [6, 6.07) is 25.4. The van der Waals surface area contributed by atoms with Gasteiger partial charge in [-0.15, -0.1) is 0 Å². The average molecular weight is 412 g/mol. The van der Waals surface area contributed by atoms with Gasteiger partial charge in [0.2, 0.25) is 11.8 Å². The molecule has 0 bridgehead atoms. The molecule has 0 saturated heterocycles. The van der Waals surface area contributed by atoms with Gasteiger partial charge in [-0.2, -0.15) is 0 Å². The molecule has 5 nitrogen and oxygen atoms in total. The summed E-state index contributed by atoms with van der Waals surface area (Å²) in [7, 11) is 0. The summed E-state index contributed by atoms with van der Waals surface area (Å²) in [5, 5.41) is 6.33. The summed E-state index contributed by atoms with van der Waals surface area (Å²) >= 11 is 0. The Balaban J connectivity index is 1.39. The van der Waals surface area contributed by atoms with Crippen LogP contribution in [-0.4, -0.2) is 16.7 Å². The highest BCUT2D eigenvalue weighted by Gasteiger charge is 2.28. The third kappa shape index (κ3) is 5.01. The van der Waals surface area contributed by atoms with Crippen LogP contribution >= 0.6 is 0 Å². The molecule has 0 aliphatic carbocycles. The number of para-hydroxylation sites is 1. The Hall–Kier alpha value is -3.86. The molecule has 0 aromatic heterocycles. The van der Waals surface area contributed by atoms with E-state index in [1.807, 2.05) is 84.9 Å². The van der Waals surface area contributed by atoms with Crippen LogP contribution in [0, 0.1) is 0 Å². The first-order valence-electron chi connectivity index (χ1n) is 10.3. The highest BCUT2D eigenvalue weighted by Crippen LogP contribution is 2.33. The number of carbonyl (C=O) groups is 2. The van der Waals surface area contributed by atoms with E-state index in [1.165, 1.54) is 6.92 Å². The number of hydrogen-bond donors (Lipinski definition) is 2. The van der Waals surface area contributed by atoms with Crippen molar-refractivity contribution in [2.45, 2.75) is 25.9 Å². The summed E-state index contributed by atoms with van der Waals surface area (Å²) < 4.78 is 0. The van der Waals surface area contributed by atoms with Crippen LogP contribution in [0.5, 0.6) is 0 Å². The molecule has 1 unspecified atom stereocenters. The first-order chi connectivity index (χ1) is 15.1. The van der Waals surface area contributed by atoms with Crippen LogP contribution in [0.15, 0.2) is 85.1 Å². The molecule has 2 amide bonds. The monoisotopic (exact) mass is 411 g/mol. The fourth-order valence-corrected chi connectivity index (χ4v) is 3.77. The van der Waals surface area contributed by atoms with Crippen molar-refractivity contribution in [2.75, 3.05) is 10.6 Å². The maximum Gasteiger partial charge on any atom is 0.226 e. The molecule has 0 fully saturated rings. The fraction of sp³-hybridized carbons (Fsp3) is 0.154. The van der Waals surface area contributed by atoms with Crippen LogP contribution in [0.2, 0.25) is 0 Å². The normalized spacial score (nSPS) is 14.6. The van der Waals surface area contributed by atoms with E-state index in [9.17, 15) is 9.59 Å². The molecular formula is C26H25N3O2. The van der Waals surface area contributed by atoms with Crippen molar-refractivity contribution in [3.8, 4) is 0 Å². The minimum atomic E-state index is -0.312. The molecule has 0 saturated carbocycles. The third-order valence-electron chi connectivity index (χ3n) is 5.36. The molecule has 1 heterocycles. The number of rotatable bonds is 6. The van der Waals surface area contributed by atoms with Gasteiger partial charge in [-0.05, 0) is 47.0 Å². The number of hydrogen-bond acceptors (Lipinski definition) is 3. The Bertz CT molecular complexity index is 1090. The number of benzene rings is 3. The number of carbonyl (C=O) groups excluding carboxylic acids is 2. The zero-order chi connectivity index (χ0) is 21.6. The quantitative estimate of drug-likeness (QED) is 0.586. The van der Waals surface area contributed by atoms with Crippen LogP contribution in [-0.2, 0) is 16.1 Å². The number of fused-ring (bicyclic) bond motifs is 1. The summed E-state index contributed by atoms with van der Waals surface area (Å²) in [5.41, 5.74) is 4.95. The first kappa shape index (κ1) is 20.4. The number of nitrogens with zero attached hydrogens (tertiary/aromatic N) is 1. The minimum absolute atomic E-state index is 0.0844. The number of nitrogens with one attached hydrogen (secondary N) is 2. The van der Waals surface area contributed by atoms with Crippen LogP contribution < -0.4 is 10.6 Å². The van der Waals surface area contributed by atoms with Crippen LogP contribution in [0.3, 0.4) is 0 Å². The van der Waals surface area contributed by atoms with E-state index in [4.69, 9.17) is 0 Å². The third-order valence-corrected chi connectivity index (χ3v) is 5.36. The second-order valence-electron chi connectivity index (χ2n) is 7.56.